The van der Waals surface area contributed by atoms with Crippen LogP contribution in [0.4, 0.5) is 9.18 Å². The minimum Gasteiger partial charge on any atom is -0.450 e. The Morgan fingerprint density at radius 2 is 2.15 bits per heavy atom. The molecule has 26 heavy (non-hydrogen) atoms. The Balaban J connectivity index is 1.55. The van der Waals surface area contributed by atoms with Crippen molar-refractivity contribution in [3.63, 3.8) is 0 Å². The lowest BCUT2D eigenvalue weighted by atomic mass is 10.0. The topological polar surface area (TPSA) is 112 Å². The molecule has 146 valence electrons. The summed E-state index contributed by atoms with van der Waals surface area (Å²) >= 11 is 0.893. The Hall–Kier alpha value is -1.43. The third-order valence-electron chi connectivity index (χ3n) is 4.72. The number of alkyl halides is 1. The summed E-state index contributed by atoms with van der Waals surface area (Å²) in [6, 6.07) is 0. The van der Waals surface area contributed by atoms with Gasteiger partial charge in [0.2, 0.25) is 11.8 Å². The summed E-state index contributed by atoms with van der Waals surface area (Å²) in [4.78, 5) is 36.2. The maximum absolute atomic E-state index is 13.8. The highest BCUT2D eigenvalue weighted by atomic mass is 32.2. The Morgan fingerprint density at radius 3 is 2.92 bits per heavy atom. The minimum absolute atomic E-state index is 0.0560. The molecule has 3 rings (SSSR count). The van der Waals surface area contributed by atoms with Crippen LogP contribution in [0.1, 0.15) is 19.8 Å². The first-order valence-corrected chi connectivity index (χ1v) is 9.73. The molecule has 3 aliphatic rings. The Kier molecular flexibility index (Phi) is 6.33. The fourth-order valence-electron chi connectivity index (χ4n) is 3.40. The number of thioether (sulfide) groups is 1. The quantitative estimate of drug-likeness (QED) is 0.510. The highest BCUT2D eigenvalue weighted by Crippen LogP contribution is 2.38. The van der Waals surface area contributed by atoms with Gasteiger partial charge in [0.15, 0.2) is 0 Å². The first kappa shape index (κ1) is 19.3. The van der Waals surface area contributed by atoms with Gasteiger partial charge in [0.25, 0.3) is 0 Å². The predicted octanol–water partition coefficient (Wildman–Crippen LogP) is -0.494. The number of nitrogens with one attached hydrogen (secondary N) is 4. The molecule has 0 radical (unpaired) electrons. The van der Waals surface area contributed by atoms with Gasteiger partial charge in [0.05, 0.1) is 30.0 Å². The SMILES string of the molecule is CCOC(=O)NC(=O)C1CC(F)SC1NC(=O)C1CNC2CCNN2C1. The van der Waals surface area contributed by atoms with E-state index in [1.165, 1.54) is 0 Å². The molecule has 9 nitrogen and oxygen atoms in total. The molecule has 3 amide bonds. The molecule has 5 unspecified atom stereocenters. The monoisotopic (exact) mass is 389 g/mol. The number of ether oxygens (including phenoxy) is 1. The van der Waals surface area contributed by atoms with E-state index in [1.54, 1.807) is 6.92 Å². The zero-order valence-corrected chi connectivity index (χ0v) is 15.3. The van der Waals surface area contributed by atoms with Crippen molar-refractivity contribution in [2.75, 3.05) is 26.2 Å². The van der Waals surface area contributed by atoms with Gasteiger partial charge in [-0.05, 0) is 13.3 Å². The molecule has 0 aromatic heterocycles. The van der Waals surface area contributed by atoms with Crippen molar-refractivity contribution in [2.24, 2.45) is 11.8 Å². The zero-order chi connectivity index (χ0) is 18.7. The summed E-state index contributed by atoms with van der Waals surface area (Å²) in [5.41, 5.74) is 1.94. The summed E-state index contributed by atoms with van der Waals surface area (Å²) in [7, 11) is 0. The number of fused-ring (bicyclic) bond motifs is 1. The second kappa shape index (κ2) is 8.51. The second-order valence-electron chi connectivity index (χ2n) is 6.50. The summed E-state index contributed by atoms with van der Waals surface area (Å²) in [5, 5.41) is 9.45. The van der Waals surface area contributed by atoms with E-state index in [0.29, 0.717) is 13.1 Å². The van der Waals surface area contributed by atoms with Crippen LogP contribution in [0.25, 0.3) is 0 Å². The number of imide groups is 1. The summed E-state index contributed by atoms with van der Waals surface area (Å²) in [6.07, 6.45) is 0.294. The van der Waals surface area contributed by atoms with Gasteiger partial charge in [-0.1, -0.05) is 11.8 Å². The fraction of sp³-hybridized carbons (Fsp3) is 0.800. The zero-order valence-electron chi connectivity index (χ0n) is 14.5. The van der Waals surface area contributed by atoms with Crippen LogP contribution in [0.5, 0.6) is 0 Å². The van der Waals surface area contributed by atoms with E-state index in [0.717, 1.165) is 24.7 Å². The standard InChI is InChI=1S/C15H24FN5O4S/c1-2-25-15(24)20-13(23)9-5-10(16)26-14(9)19-12(22)8-6-17-11-3-4-18-21(11)7-8/h8-11,14,17-18H,2-7H2,1H3,(H,19,22)(H,20,23,24). The molecular weight excluding hydrogens is 365 g/mol. The van der Waals surface area contributed by atoms with Gasteiger partial charge in [-0.2, -0.15) is 0 Å². The van der Waals surface area contributed by atoms with Crippen LogP contribution < -0.4 is 21.4 Å². The highest BCUT2D eigenvalue weighted by molar-refractivity contribution is 8.00. The van der Waals surface area contributed by atoms with Crippen LogP contribution in [0.3, 0.4) is 0 Å². The van der Waals surface area contributed by atoms with E-state index in [9.17, 15) is 18.8 Å². The van der Waals surface area contributed by atoms with Crippen molar-refractivity contribution in [3.05, 3.63) is 0 Å². The van der Waals surface area contributed by atoms with E-state index in [1.807, 2.05) is 5.01 Å². The third kappa shape index (κ3) is 4.45. The number of hydrogen-bond acceptors (Lipinski definition) is 8. The number of carbonyl (C=O) groups excluding carboxylic acids is 3. The summed E-state index contributed by atoms with van der Waals surface area (Å²) < 4.78 is 18.5. The van der Waals surface area contributed by atoms with E-state index < -0.39 is 28.8 Å². The number of nitrogens with zero attached hydrogens (tertiary/aromatic N) is 1. The number of halogens is 1. The molecule has 0 bridgehead atoms. The molecule has 0 aromatic carbocycles. The van der Waals surface area contributed by atoms with Gasteiger partial charge in [-0.25, -0.2) is 14.2 Å². The number of amides is 3. The van der Waals surface area contributed by atoms with Crippen molar-refractivity contribution >= 4 is 29.7 Å². The molecule has 3 heterocycles. The summed E-state index contributed by atoms with van der Waals surface area (Å²) in [6.45, 7) is 3.70. The van der Waals surface area contributed by atoms with Crippen LogP contribution >= 0.6 is 11.8 Å². The van der Waals surface area contributed by atoms with Crippen molar-refractivity contribution in [1.82, 2.24) is 26.4 Å². The van der Waals surface area contributed by atoms with Crippen molar-refractivity contribution in [2.45, 2.75) is 36.8 Å². The Labute approximate surface area is 155 Å². The first-order chi connectivity index (χ1) is 12.5. The lowest BCUT2D eigenvalue weighted by Crippen LogP contribution is -2.59. The predicted molar refractivity (Wildman–Crippen MR) is 92.3 cm³/mol. The van der Waals surface area contributed by atoms with Crippen molar-refractivity contribution in [1.29, 1.82) is 0 Å². The third-order valence-corrected chi connectivity index (χ3v) is 5.94. The number of carbonyl (C=O) groups is 3. The molecule has 5 atom stereocenters. The molecule has 0 aromatic rings. The molecule has 11 heteroatoms. The van der Waals surface area contributed by atoms with E-state index in [-0.39, 0.29) is 31.0 Å². The van der Waals surface area contributed by atoms with E-state index in [4.69, 9.17) is 0 Å². The number of alkyl carbamates (subject to hydrolysis) is 1. The molecule has 0 aliphatic carbocycles. The lowest BCUT2D eigenvalue weighted by Gasteiger charge is -2.35. The van der Waals surface area contributed by atoms with Crippen LogP contribution in [0.15, 0.2) is 0 Å². The van der Waals surface area contributed by atoms with Gasteiger partial charge in [0.1, 0.15) is 5.50 Å². The molecule has 0 saturated carbocycles. The summed E-state index contributed by atoms with van der Waals surface area (Å²) in [5.74, 6) is -1.99. The van der Waals surface area contributed by atoms with Crippen molar-refractivity contribution < 1.29 is 23.5 Å². The smallest absolute Gasteiger partial charge is 0.413 e. The van der Waals surface area contributed by atoms with Gasteiger partial charge < -0.3 is 10.1 Å². The van der Waals surface area contributed by atoms with Crippen LogP contribution in [0.2, 0.25) is 0 Å². The van der Waals surface area contributed by atoms with Gasteiger partial charge in [-0.3, -0.25) is 25.6 Å². The molecule has 4 N–H and O–H groups in total. The van der Waals surface area contributed by atoms with E-state index in [2.05, 4.69) is 26.1 Å². The highest BCUT2D eigenvalue weighted by Gasteiger charge is 2.43. The molecule has 3 aliphatic heterocycles. The normalized spacial score (nSPS) is 34.2. The Bertz CT molecular complexity index is 568. The molecule has 3 fully saturated rings. The number of hydrogen-bond donors (Lipinski definition) is 4. The van der Waals surface area contributed by atoms with Gasteiger partial charge in [0, 0.05) is 26.1 Å². The Morgan fingerprint density at radius 1 is 1.35 bits per heavy atom. The average Bonchev–Trinajstić information content (AvgIpc) is 3.20. The minimum atomic E-state index is -1.27. The van der Waals surface area contributed by atoms with Gasteiger partial charge >= 0.3 is 6.09 Å². The van der Waals surface area contributed by atoms with Crippen LogP contribution in [-0.4, -0.2) is 66.2 Å². The first-order valence-electron chi connectivity index (χ1n) is 8.79. The van der Waals surface area contributed by atoms with Crippen LogP contribution in [0, 0.1) is 11.8 Å². The molecule has 0 spiro atoms. The van der Waals surface area contributed by atoms with E-state index >= 15 is 0 Å². The molecular formula is C15H24FN5O4S. The number of hydrazine groups is 1. The maximum atomic E-state index is 13.8. The average molecular weight is 389 g/mol. The second-order valence-corrected chi connectivity index (χ2v) is 7.79. The number of rotatable bonds is 4. The van der Waals surface area contributed by atoms with Gasteiger partial charge in [-0.15, -0.1) is 0 Å². The van der Waals surface area contributed by atoms with Crippen LogP contribution in [-0.2, 0) is 14.3 Å². The lowest BCUT2D eigenvalue weighted by molar-refractivity contribution is -0.128. The fourth-order valence-corrected chi connectivity index (χ4v) is 4.65. The largest absolute Gasteiger partial charge is 0.450 e. The molecule has 3 saturated heterocycles. The maximum Gasteiger partial charge on any atom is 0.413 e. The van der Waals surface area contributed by atoms with Crippen molar-refractivity contribution in [3.8, 4) is 0 Å².